The van der Waals surface area contributed by atoms with Crippen molar-refractivity contribution in [2.45, 2.75) is 90.1 Å². The van der Waals surface area contributed by atoms with E-state index < -0.39 is 0 Å². The maximum atomic E-state index is 9.31. The number of hydrogen-bond donors (Lipinski definition) is 0. The second kappa shape index (κ2) is 7.69. The van der Waals surface area contributed by atoms with Gasteiger partial charge in [0.05, 0.1) is 12.2 Å². The fourth-order valence-corrected chi connectivity index (χ4v) is 9.44. The van der Waals surface area contributed by atoms with E-state index >= 15 is 0 Å². The molecule has 0 heterocycles. The molecule has 160 valence electrons. The Hall–Kier alpha value is -0.850. The van der Waals surface area contributed by atoms with Gasteiger partial charge in [-0.05, 0) is 117 Å². The van der Waals surface area contributed by atoms with Crippen LogP contribution in [0.25, 0.3) is 0 Å². The normalized spacial score (nSPS) is 50.2. The van der Waals surface area contributed by atoms with Crippen LogP contribution in [0.4, 0.5) is 0 Å². The van der Waals surface area contributed by atoms with Crippen molar-refractivity contribution in [2.75, 3.05) is 13.9 Å². The van der Waals surface area contributed by atoms with Crippen LogP contribution in [0.15, 0.2) is 11.6 Å². The fraction of sp³-hybridized carbons (Fsp3) is 0.885. The summed E-state index contributed by atoms with van der Waals surface area (Å²) < 4.78 is 11.1. The smallest absolute Gasteiger partial charge is 0.146 e. The molecule has 0 aromatic carbocycles. The SMILES string of the molecule is COCO[C@@H]1CC[C@@]2(C)[C@@H](CC[C@@H]3[C@@H]2CC[C@@]24CCCC(=CC#N)[C@H]2CC[C@@H]34)C1. The molecule has 0 saturated heterocycles. The Morgan fingerprint density at radius 2 is 1.97 bits per heavy atom. The largest absolute Gasteiger partial charge is 0.359 e. The third kappa shape index (κ3) is 3.04. The summed E-state index contributed by atoms with van der Waals surface area (Å²) in [5.74, 6) is 4.35. The van der Waals surface area contributed by atoms with E-state index in [1.165, 1.54) is 82.6 Å². The van der Waals surface area contributed by atoms with Crippen molar-refractivity contribution in [1.82, 2.24) is 0 Å². The minimum Gasteiger partial charge on any atom is -0.359 e. The lowest BCUT2D eigenvalue weighted by Crippen LogP contribution is -2.55. The second-order valence-corrected chi connectivity index (χ2v) is 11.2. The van der Waals surface area contributed by atoms with Crippen molar-refractivity contribution < 1.29 is 9.47 Å². The molecule has 0 unspecified atom stereocenters. The molecule has 3 heteroatoms. The molecule has 5 fully saturated rings. The number of nitriles is 1. The molecule has 29 heavy (non-hydrogen) atoms. The standard InChI is InChI=1S/C26H39NO2/c1-25-13-9-20(29-17-28-2)16-19(25)5-6-21-23(25)10-14-26-12-3-4-18(11-15-27)22(26)7-8-24(21)26/h11,19-24H,3-10,12-14,16-17H2,1-2H3/t19-,20+,21+,22+,23-,24-,25-,26-/m0/s1. The molecule has 5 rings (SSSR count). The minimum absolute atomic E-state index is 0.410. The molecule has 0 amide bonds. The Bertz CT molecular complexity index is 695. The maximum Gasteiger partial charge on any atom is 0.146 e. The minimum atomic E-state index is 0.410. The fourth-order valence-electron chi connectivity index (χ4n) is 9.44. The summed E-state index contributed by atoms with van der Waals surface area (Å²) in [7, 11) is 1.73. The highest BCUT2D eigenvalue weighted by molar-refractivity contribution is 5.25. The van der Waals surface area contributed by atoms with Gasteiger partial charge in [-0.2, -0.15) is 5.26 Å². The van der Waals surface area contributed by atoms with Crippen molar-refractivity contribution in [2.24, 2.45) is 40.4 Å². The third-order valence-electron chi connectivity index (χ3n) is 10.6. The Morgan fingerprint density at radius 1 is 1.07 bits per heavy atom. The van der Waals surface area contributed by atoms with Crippen molar-refractivity contribution in [3.05, 3.63) is 11.6 Å². The van der Waals surface area contributed by atoms with Gasteiger partial charge in [0.15, 0.2) is 0 Å². The first kappa shape index (κ1) is 20.1. The number of allylic oxidation sites excluding steroid dienone is 2. The van der Waals surface area contributed by atoms with Gasteiger partial charge in [0, 0.05) is 13.2 Å². The highest BCUT2D eigenvalue weighted by Gasteiger charge is 2.62. The molecule has 5 aliphatic carbocycles. The van der Waals surface area contributed by atoms with E-state index in [0.29, 0.717) is 23.7 Å². The highest BCUT2D eigenvalue weighted by atomic mass is 16.7. The van der Waals surface area contributed by atoms with E-state index in [1.807, 2.05) is 6.08 Å². The van der Waals surface area contributed by atoms with Crippen LogP contribution in [-0.2, 0) is 9.47 Å². The topological polar surface area (TPSA) is 42.2 Å². The summed E-state index contributed by atoms with van der Waals surface area (Å²) in [6, 6.07) is 2.38. The molecule has 8 atom stereocenters. The van der Waals surface area contributed by atoms with E-state index in [1.54, 1.807) is 7.11 Å². The molecule has 0 N–H and O–H groups in total. The molecule has 0 bridgehead atoms. The summed E-state index contributed by atoms with van der Waals surface area (Å²) >= 11 is 0. The molecule has 0 aromatic rings. The van der Waals surface area contributed by atoms with Crippen molar-refractivity contribution in [3.63, 3.8) is 0 Å². The van der Waals surface area contributed by atoms with Crippen LogP contribution in [-0.4, -0.2) is 20.0 Å². The summed E-state index contributed by atoms with van der Waals surface area (Å²) in [5, 5.41) is 9.31. The predicted octanol–water partition coefficient (Wildman–Crippen LogP) is 6.25. The van der Waals surface area contributed by atoms with Gasteiger partial charge < -0.3 is 9.47 Å². The first-order valence-corrected chi connectivity index (χ1v) is 12.3. The number of fused-ring (bicyclic) bond motifs is 4. The Balaban J connectivity index is 1.36. The zero-order chi connectivity index (χ0) is 20.1. The van der Waals surface area contributed by atoms with E-state index in [9.17, 15) is 5.26 Å². The quantitative estimate of drug-likeness (QED) is 0.417. The molecule has 5 aliphatic rings. The van der Waals surface area contributed by atoms with E-state index in [0.717, 1.165) is 29.6 Å². The Kier molecular flexibility index (Phi) is 5.32. The predicted molar refractivity (Wildman–Crippen MR) is 114 cm³/mol. The van der Waals surface area contributed by atoms with Crippen LogP contribution in [0.5, 0.6) is 0 Å². The van der Waals surface area contributed by atoms with Gasteiger partial charge in [0.25, 0.3) is 0 Å². The molecular weight excluding hydrogens is 358 g/mol. The highest BCUT2D eigenvalue weighted by Crippen LogP contribution is 2.70. The Morgan fingerprint density at radius 3 is 2.79 bits per heavy atom. The molecule has 0 aliphatic heterocycles. The average Bonchev–Trinajstić information content (AvgIpc) is 3.13. The van der Waals surface area contributed by atoms with E-state index in [-0.39, 0.29) is 0 Å². The molecular formula is C26H39NO2. The maximum absolute atomic E-state index is 9.31. The van der Waals surface area contributed by atoms with Crippen LogP contribution < -0.4 is 0 Å². The lowest BCUT2D eigenvalue weighted by molar-refractivity contribution is -0.155. The first-order chi connectivity index (χ1) is 14.1. The zero-order valence-corrected chi connectivity index (χ0v) is 18.5. The zero-order valence-electron chi connectivity index (χ0n) is 18.5. The van der Waals surface area contributed by atoms with Crippen molar-refractivity contribution >= 4 is 0 Å². The van der Waals surface area contributed by atoms with E-state index in [4.69, 9.17) is 9.47 Å². The van der Waals surface area contributed by atoms with Gasteiger partial charge in [0.1, 0.15) is 6.79 Å². The monoisotopic (exact) mass is 397 g/mol. The number of ether oxygens (including phenoxy) is 2. The number of hydrogen-bond acceptors (Lipinski definition) is 3. The lowest BCUT2D eigenvalue weighted by atomic mass is 9.43. The van der Waals surface area contributed by atoms with Gasteiger partial charge in [-0.1, -0.05) is 12.5 Å². The molecule has 0 aromatic heterocycles. The summed E-state index contributed by atoms with van der Waals surface area (Å²) in [6.07, 6.45) is 18.6. The average molecular weight is 398 g/mol. The molecule has 3 nitrogen and oxygen atoms in total. The number of rotatable bonds is 3. The van der Waals surface area contributed by atoms with Crippen LogP contribution >= 0.6 is 0 Å². The van der Waals surface area contributed by atoms with Gasteiger partial charge in [0.2, 0.25) is 0 Å². The van der Waals surface area contributed by atoms with Crippen molar-refractivity contribution in [1.29, 1.82) is 5.26 Å². The third-order valence-corrected chi connectivity index (χ3v) is 10.6. The van der Waals surface area contributed by atoms with Gasteiger partial charge in [-0.15, -0.1) is 0 Å². The molecule has 1 spiro atoms. The summed E-state index contributed by atoms with van der Waals surface area (Å²) in [6.45, 7) is 3.10. The van der Waals surface area contributed by atoms with Crippen LogP contribution in [0.1, 0.15) is 84.0 Å². The van der Waals surface area contributed by atoms with Crippen LogP contribution in [0, 0.1) is 51.8 Å². The van der Waals surface area contributed by atoms with Crippen LogP contribution in [0.3, 0.4) is 0 Å². The first-order valence-electron chi connectivity index (χ1n) is 12.3. The molecule has 5 saturated carbocycles. The summed E-state index contributed by atoms with van der Waals surface area (Å²) in [5.41, 5.74) is 2.58. The number of methoxy groups -OCH3 is 1. The molecule has 0 radical (unpaired) electrons. The Labute approximate surface area is 177 Å². The second-order valence-electron chi connectivity index (χ2n) is 11.2. The van der Waals surface area contributed by atoms with Crippen LogP contribution in [0.2, 0.25) is 0 Å². The van der Waals surface area contributed by atoms with E-state index in [2.05, 4.69) is 13.0 Å². The van der Waals surface area contributed by atoms with Gasteiger partial charge in [-0.25, -0.2) is 0 Å². The summed E-state index contributed by atoms with van der Waals surface area (Å²) in [4.78, 5) is 0. The lowest BCUT2D eigenvalue weighted by Gasteiger charge is -2.62. The van der Waals surface area contributed by atoms with Crippen molar-refractivity contribution in [3.8, 4) is 6.07 Å². The van der Waals surface area contributed by atoms with Gasteiger partial charge in [-0.3, -0.25) is 0 Å². The number of nitrogens with zero attached hydrogens (tertiary/aromatic N) is 1. The van der Waals surface area contributed by atoms with Gasteiger partial charge >= 0.3 is 0 Å².